The summed E-state index contributed by atoms with van der Waals surface area (Å²) in [5, 5.41) is 3.33. The topological polar surface area (TPSA) is 49.4 Å². The number of hydrogen-bond acceptors (Lipinski definition) is 3. The van der Waals surface area contributed by atoms with E-state index < -0.39 is 0 Å². The molecule has 0 aromatic rings. The highest BCUT2D eigenvalue weighted by atomic mass is 16.2. The first-order valence-corrected chi connectivity index (χ1v) is 5.90. The molecule has 2 aliphatic carbocycles. The van der Waals surface area contributed by atoms with Crippen molar-refractivity contribution >= 4 is 11.8 Å². The molecule has 0 bridgehead atoms. The first kappa shape index (κ1) is 10.0. The Balaban J connectivity index is 1.62. The molecule has 2 fully saturated rings. The molecule has 4 nitrogen and oxygen atoms in total. The Morgan fingerprint density at radius 2 is 2.25 bits per heavy atom. The summed E-state index contributed by atoms with van der Waals surface area (Å²) >= 11 is 0. The maximum atomic E-state index is 11.7. The lowest BCUT2D eigenvalue weighted by Crippen LogP contribution is -2.53. The molecule has 0 aromatic carbocycles. The van der Waals surface area contributed by atoms with Crippen molar-refractivity contribution in [2.45, 2.75) is 31.3 Å². The van der Waals surface area contributed by atoms with E-state index in [9.17, 15) is 9.59 Å². The fourth-order valence-electron chi connectivity index (χ4n) is 3.05. The molecule has 1 saturated carbocycles. The SMILES string of the molecule is CN1C(=O)CC(NC2CC3CC=CC32)C1=O. The molecule has 0 aromatic heterocycles. The van der Waals surface area contributed by atoms with E-state index in [1.807, 2.05) is 0 Å². The van der Waals surface area contributed by atoms with Gasteiger partial charge in [-0.15, -0.1) is 0 Å². The summed E-state index contributed by atoms with van der Waals surface area (Å²) in [6, 6.07) is 0.120. The Labute approximate surface area is 94.7 Å². The van der Waals surface area contributed by atoms with Crippen LogP contribution < -0.4 is 5.32 Å². The van der Waals surface area contributed by atoms with Gasteiger partial charge < -0.3 is 5.32 Å². The Morgan fingerprint density at radius 1 is 1.44 bits per heavy atom. The Hall–Kier alpha value is -1.16. The van der Waals surface area contributed by atoms with Crippen LogP contribution in [0.15, 0.2) is 12.2 Å². The summed E-state index contributed by atoms with van der Waals surface area (Å²) in [6.07, 6.45) is 7.12. The zero-order valence-corrected chi connectivity index (χ0v) is 9.35. The molecule has 3 aliphatic rings. The van der Waals surface area contributed by atoms with Gasteiger partial charge in [0.05, 0.1) is 12.5 Å². The van der Waals surface area contributed by atoms with Gasteiger partial charge in [0.1, 0.15) is 0 Å². The van der Waals surface area contributed by atoms with Gasteiger partial charge in [0.2, 0.25) is 11.8 Å². The number of likely N-dealkylation sites (tertiary alicyclic amines) is 1. The summed E-state index contributed by atoms with van der Waals surface area (Å²) in [5.74, 6) is 1.23. The number of nitrogens with one attached hydrogen (secondary N) is 1. The van der Waals surface area contributed by atoms with Gasteiger partial charge in [-0.1, -0.05) is 12.2 Å². The monoisotopic (exact) mass is 220 g/mol. The predicted octanol–water partition coefficient (Wildman–Crippen LogP) is 0.298. The Kier molecular flexibility index (Phi) is 2.14. The molecule has 1 heterocycles. The summed E-state index contributed by atoms with van der Waals surface area (Å²) in [7, 11) is 1.56. The van der Waals surface area contributed by atoms with Gasteiger partial charge in [-0.05, 0) is 24.7 Å². The van der Waals surface area contributed by atoms with Crippen LogP contribution in [0.4, 0.5) is 0 Å². The standard InChI is InChI=1S/C12H16N2O2/c1-14-11(15)6-10(12(14)16)13-9-5-7-3-2-4-8(7)9/h2,4,7-10,13H,3,5-6H2,1H3. The van der Waals surface area contributed by atoms with E-state index in [1.165, 1.54) is 11.3 Å². The third kappa shape index (κ3) is 1.33. The number of fused-ring (bicyclic) bond motifs is 1. The molecular formula is C12H16N2O2. The van der Waals surface area contributed by atoms with Crippen molar-refractivity contribution in [1.82, 2.24) is 10.2 Å². The minimum atomic E-state index is -0.280. The highest BCUT2D eigenvalue weighted by Gasteiger charge is 2.45. The quantitative estimate of drug-likeness (QED) is 0.538. The van der Waals surface area contributed by atoms with Gasteiger partial charge in [-0.3, -0.25) is 14.5 Å². The van der Waals surface area contributed by atoms with E-state index in [0.29, 0.717) is 18.4 Å². The summed E-state index contributed by atoms with van der Waals surface area (Å²) in [5.41, 5.74) is 0. The molecule has 4 heteroatoms. The summed E-state index contributed by atoms with van der Waals surface area (Å²) in [4.78, 5) is 24.3. The number of nitrogens with zero attached hydrogens (tertiary/aromatic N) is 1. The average molecular weight is 220 g/mol. The van der Waals surface area contributed by atoms with Crippen LogP contribution in [0.25, 0.3) is 0 Å². The molecule has 4 atom stereocenters. The fourth-order valence-corrected chi connectivity index (χ4v) is 3.05. The number of allylic oxidation sites excluding steroid dienone is 1. The zero-order chi connectivity index (χ0) is 11.3. The lowest BCUT2D eigenvalue weighted by atomic mass is 9.71. The second kappa shape index (κ2) is 3.42. The Morgan fingerprint density at radius 3 is 2.88 bits per heavy atom. The van der Waals surface area contributed by atoms with Gasteiger partial charge in [0.15, 0.2) is 0 Å². The van der Waals surface area contributed by atoms with E-state index in [2.05, 4.69) is 17.5 Å². The van der Waals surface area contributed by atoms with E-state index in [4.69, 9.17) is 0 Å². The van der Waals surface area contributed by atoms with Crippen molar-refractivity contribution in [2.24, 2.45) is 11.8 Å². The van der Waals surface area contributed by atoms with Crippen LogP contribution in [0.5, 0.6) is 0 Å². The van der Waals surface area contributed by atoms with Crippen LogP contribution in [-0.2, 0) is 9.59 Å². The second-order valence-corrected chi connectivity index (χ2v) is 5.06. The number of amides is 2. The number of imide groups is 1. The van der Waals surface area contributed by atoms with Crippen molar-refractivity contribution < 1.29 is 9.59 Å². The molecule has 1 aliphatic heterocycles. The smallest absolute Gasteiger partial charge is 0.246 e. The summed E-state index contributed by atoms with van der Waals surface area (Å²) in [6.45, 7) is 0. The van der Waals surface area contributed by atoms with Crippen molar-refractivity contribution in [3.05, 3.63) is 12.2 Å². The van der Waals surface area contributed by atoms with E-state index in [-0.39, 0.29) is 17.9 Å². The molecular weight excluding hydrogens is 204 g/mol. The highest BCUT2D eigenvalue weighted by Crippen LogP contribution is 2.43. The van der Waals surface area contributed by atoms with E-state index in [1.54, 1.807) is 7.05 Å². The predicted molar refractivity (Wildman–Crippen MR) is 58.5 cm³/mol. The van der Waals surface area contributed by atoms with Crippen molar-refractivity contribution in [1.29, 1.82) is 0 Å². The van der Waals surface area contributed by atoms with E-state index in [0.717, 1.165) is 12.3 Å². The van der Waals surface area contributed by atoms with Gasteiger partial charge in [-0.25, -0.2) is 0 Å². The van der Waals surface area contributed by atoms with Gasteiger partial charge in [0.25, 0.3) is 0 Å². The van der Waals surface area contributed by atoms with Crippen molar-refractivity contribution in [3.63, 3.8) is 0 Å². The molecule has 2 amide bonds. The average Bonchev–Trinajstić information content (AvgIpc) is 2.72. The lowest BCUT2D eigenvalue weighted by molar-refractivity contribution is -0.137. The number of hydrogen-bond donors (Lipinski definition) is 1. The molecule has 1 saturated heterocycles. The number of rotatable bonds is 2. The van der Waals surface area contributed by atoms with Crippen LogP contribution >= 0.6 is 0 Å². The van der Waals surface area contributed by atoms with Crippen LogP contribution in [0.3, 0.4) is 0 Å². The maximum Gasteiger partial charge on any atom is 0.246 e. The van der Waals surface area contributed by atoms with Gasteiger partial charge >= 0.3 is 0 Å². The number of carbonyl (C=O) groups excluding carboxylic acids is 2. The minimum Gasteiger partial charge on any atom is -0.302 e. The van der Waals surface area contributed by atoms with Crippen LogP contribution in [-0.4, -0.2) is 35.8 Å². The van der Waals surface area contributed by atoms with E-state index >= 15 is 0 Å². The Bertz CT molecular complexity index is 377. The molecule has 4 unspecified atom stereocenters. The number of likely N-dealkylation sites (N-methyl/N-ethyl adjacent to an activating group) is 1. The van der Waals surface area contributed by atoms with Gasteiger partial charge in [-0.2, -0.15) is 0 Å². The maximum absolute atomic E-state index is 11.7. The molecule has 0 radical (unpaired) electrons. The first-order chi connectivity index (χ1) is 7.66. The zero-order valence-electron chi connectivity index (χ0n) is 9.35. The third-order valence-electron chi connectivity index (χ3n) is 4.16. The lowest BCUT2D eigenvalue weighted by Gasteiger charge is -2.41. The highest BCUT2D eigenvalue weighted by molar-refractivity contribution is 6.05. The van der Waals surface area contributed by atoms with Crippen LogP contribution in [0.2, 0.25) is 0 Å². The molecule has 1 N–H and O–H groups in total. The largest absolute Gasteiger partial charge is 0.302 e. The minimum absolute atomic E-state index is 0.0691. The molecule has 0 spiro atoms. The number of carbonyl (C=O) groups is 2. The molecule has 3 rings (SSSR count). The van der Waals surface area contributed by atoms with Crippen molar-refractivity contribution in [2.75, 3.05) is 7.05 Å². The van der Waals surface area contributed by atoms with Crippen LogP contribution in [0, 0.1) is 11.8 Å². The second-order valence-electron chi connectivity index (χ2n) is 5.06. The summed E-state index contributed by atoms with van der Waals surface area (Å²) < 4.78 is 0. The third-order valence-corrected chi connectivity index (χ3v) is 4.16. The normalized spacial score (nSPS) is 41.4. The molecule has 86 valence electrons. The first-order valence-electron chi connectivity index (χ1n) is 5.90. The van der Waals surface area contributed by atoms with Gasteiger partial charge in [0, 0.05) is 13.1 Å². The molecule has 16 heavy (non-hydrogen) atoms. The van der Waals surface area contributed by atoms with Crippen molar-refractivity contribution in [3.8, 4) is 0 Å². The van der Waals surface area contributed by atoms with Crippen LogP contribution in [0.1, 0.15) is 19.3 Å². The fraction of sp³-hybridized carbons (Fsp3) is 0.667.